The molecule has 0 fully saturated rings. The third-order valence-electron chi connectivity index (χ3n) is 4.78. The second-order valence-corrected chi connectivity index (χ2v) is 7.79. The molecule has 3 aromatic heterocycles. The van der Waals surface area contributed by atoms with Crippen LogP contribution in [0.2, 0.25) is 0 Å². The van der Waals surface area contributed by atoms with Crippen molar-refractivity contribution in [3.8, 4) is 11.3 Å². The standard InChI is InChI=1S/C23H16N4O3S/c1-14-6-8-15(9-7-14)18-13-31-23-25-22(26-27(18)23)24-20(28)11-10-16-12-30-19-5-3-2-4-17(19)21(16)29/h2-13H,1H3,(H,24,26,28)/b11-10+. The molecule has 8 heteroatoms. The molecule has 0 aliphatic heterocycles. The number of aryl methyl sites for hydroxylation is 1. The largest absolute Gasteiger partial charge is 0.463 e. The van der Waals surface area contributed by atoms with Crippen molar-refractivity contribution in [1.82, 2.24) is 14.6 Å². The van der Waals surface area contributed by atoms with Gasteiger partial charge in [0.25, 0.3) is 11.9 Å². The molecule has 3 heterocycles. The first-order chi connectivity index (χ1) is 15.1. The summed E-state index contributed by atoms with van der Waals surface area (Å²) in [4.78, 5) is 29.9. The van der Waals surface area contributed by atoms with Crippen LogP contribution in [-0.2, 0) is 4.79 Å². The fourth-order valence-corrected chi connectivity index (χ4v) is 4.01. The highest BCUT2D eigenvalue weighted by Crippen LogP contribution is 2.26. The predicted molar refractivity (Wildman–Crippen MR) is 121 cm³/mol. The molecule has 1 N–H and O–H groups in total. The van der Waals surface area contributed by atoms with Crippen LogP contribution in [0.25, 0.3) is 33.3 Å². The maximum atomic E-state index is 12.5. The van der Waals surface area contributed by atoms with Crippen LogP contribution in [0.15, 0.2) is 75.5 Å². The molecule has 2 aromatic carbocycles. The van der Waals surface area contributed by atoms with E-state index in [1.165, 1.54) is 35.3 Å². The Hall–Kier alpha value is -4.04. The number of hydrogen-bond acceptors (Lipinski definition) is 6. The molecular weight excluding hydrogens is 412 g/mol. The van der Waals surface area contributed by atoms with E-state index in [-0.39, 0.29) is 16.9 Å². The average molecular weight is 428 g/mol. The third kappa shape index (κ3) is 3.64. The van der Waals surface area contributed by atoms with Gasteiger partial charge < -0.3 is 4.42 Å². The summed E-state index contributed by atoms with van der Waals surface area (Å²) in [5.74, 6) is -0.247. The van der Waals surface area contributed by atoms with Crippen molar-refractivity contribution in [1.29, 1.82) is 0 Å². The average Bonchev–Trinajstić information content (AvgIpc) is 3.34. The van der Waals surface area contributed by atoms with Gasteiger partial charge in [0.15, 0.2) is 5.43 Å². The summed E-state index contributed by atoms with van der Waals surface area (Å²) in [7, 11) is 0. The van der Waals surface area contributed by atoms with Crippen LogP contribution < -0.4 is 10.7 Å². The number of carbonyl (C=O) groups excluding carboxylic acids is 1. The Morgan fingerprint density at radius 1 is 1.16 bits per heavy atom. The summed E-state index contributed by atoms with van der Waals surface area (Å²) in [5, 5.41) is 9.47. The quantitative estimate of drug-likeness (QED) is 0.425. The van der Waals surface area contributed by atoms with Crippen LogP contribution >= 0.6 is 11.3 Å². The van der Waals surface area contributed by atoms with Gasteiger partial charge in [0.1, 0.15) is 11.8 Å². The van der Waals surface area contributed by atoms with E-state index in [0.717, 1.165) is 11.3 Å². The second kappa shape index (κ2) is 7.66. The van der Waals surface area contributed by atoms with Crippen molar-refractivity contribution in [3.05, 3.63) is 87.6 Å². The Morgan fingerprint density at radius 3 is 2.81 bits per heavy atom. The lowest BCUT2D eigenvalue weighted by molar-refractivity contribution is -0.111. The van der Waals surface area contributed by atoms with Gasteiger partial charge in [0.05, 0.1) is 16.6 Å². The molecule has 0 aliphatic rings. The number of carbonyl (C=O) groups is 1. The van der Waals surface area contributed by atoms with Crippen LogP contribution in [-0.4, -0.2) is 20.5 Å². The van der Waals surface area contributed by atoms with Gasteiger partial charge in [0.2, 0.25) is 4.96 Å². The molecule has 5 aromatic rings. The van der Waals surface area contributed by atoms with Crippen LogP contribution in [0, 0.1) is 6.92 Å². The maximum absolute atomic E-state index is 12.5. The summed E-state index contributed by atoms with van der Waals surface area (Å²) in [6, 6.07) is 15.1. The molecule has 0 radical (unpaired) electrons. The van der Waals surface area contributed by atoms with Crippen molar-refractivity contribution in [2.75, 3.05) is 5.32 Å². The zero-order valence-electron chi connectivity index (χ0n) is 16.4. The van der Waals surface area contributed by atoms with Crippen molar-refractivity contribution in [2.45, 2.75) is 6.92 Å². The lowest BCUT2D eigenvalue weighted by Crippen LogP contribution is -2.10. The van der Waals surface area contributed by atoms with E-state index in [1.807, 2.05) is 36.6 Å². The van der Waals surface area contributed by atoms with E-state index >= 15 is 0 Å². The topological polar surface area (TPSA) is 89.5 Å². The van der Waals surface area contributed by atoms with Crippen LogP contribution in [0.3, 0.4) is 0 Å². The van der Waals surface area contributed by atoms with Crippen molar-refractivity contribution in [2.24, 2.45) is 0 Å². The first-order valence-corrected chi connectivity index (χ1v) is 10.4. The molecule has 7 nitrogen and oxygen atoms in total. The van der Waals surface area contributed by atoms with E-state index in [1.54, 1.807) is 28.8 Å². The molecule has 0 saturated heterocycles. The molecule has 0 saturated carbocycles. The van der Waals surface area contributed by atoms with Gasteiger partial charge in [-0.3, -0.25) is 14.9 Å². The first kappa shape index (κ1) is 19.0. The van der Waals surface area contributed by atoms with E-state index in [2.05, 4.69) is 15.4 Å². The minimum Gasteiger partial charge on any atom is -0.463 e. The fraction of sp³-hybridized carbons (Fsp3) is 0.0435. The summed E-state index contributed by atoms with van der Waals surface area (Å²) >= 11 is 1.44. The number of aromatic nitrogens is 3. The molecule has 1 amide bonds. The van der Waals surface area contributed by atoms with Gasteiger partial charge >= 0.3 is 0 Å². The number of amides is 1. The molecule has 0 bridgehead atoms. The number of benzene rings is 2. The molecular formula is C23H16N4O3S. The zero-order valence-corrected chi connectivity index (χ0v) is 17.2. The number of hydrogen-bond donors (Lipinski definition) is 1. The first-order valence-electron chi connectivity index (χ1n) is 9.49. The van der Waals surface area contributed by atoms with Crippen molar-refractivity contribution in [3.63, 3.8) is 0 Å². The Balaban J connectivity index is 1.36. The Bertz CT molecular complexity index is 1510. The van der Waals surface area contributed by atoms with Gasteiger partial charge in [-0.25, -0.2) is 4.52 Å². The number of anilines is 1. The normalized spacial score (nSPS) is 11.5. The summed E-state index contributed by atoms with van der Waals surface area (Å²) in [6.07, 6.45) is 4.02. The molecule has 152 valence electrons. The molecule has 0 aliphatic carbocycles. The van der Waals surface area contributed by atoms with Crippen LogP contribution in [0.4, 0.5) is 5.95 Å². The minimum atomic E-state index is -0.442. The smallest absolute Gasteiger partial charge is 0.250 e. The molecule has 5 rings (SSSR count). The van der Waals surface area contributed by atoms with Gasteiger partial charge in [0, 0.05) is 17.0 Å². The Labute approximate surface area is 180 Å². The predicted octanol–water partition coefficient (Wildman–Crippen LogP) is 4.52. The highest BCUT2D eigenvalue weighted by molar-refractivity contribution is 7.15. The maximum Gasteiger partial charge on any atom is 0.250 e. The number of nitrogens with zero attached hydrogens (tertiary/aromatic N) is 3. The van der Waals surface area contributed by atoms with Gasteiger partial charge in [-0.05, 0) is 25.1 Å². The van der Waals surface area contributed by atoms with E-state index < -0.39 is 5.91 Å². The molecule has 0 unspecified atom stereocenters. The SMILES string of the molecule is Cc1ccc(-c2csc3nc(NC(=O)/C=C/c4coc5ccccc5c4=O)nn23)cc1. The Morgan fingerprint density at radius 2 is 1.97 bits per heavy atom. The lowest BCUT2D eigenvalue weighted by Gasteiger charge is -1.99. The van der Waals surface area contributed by atoms with Crippen molar-refractivity contribution >= 4 is 45.2 Å². The number of para-hydroxylation sites is 1. The van der Waals surface area contributed by atoms with E-state index in [9.17, 15) is 9.59 Å². The number of thiazole rings is 1. The summed E-state index contributed by atoms with van der Waals surface area (Å²) < 4.78 is 7.16. The lowest BCUT2D eigenvalue weighted by atomic mass is 10.1. The van der Waals surface area contributed by atoms with Crippen LogP contribution in [0.5, 0.6) is 0 Å². The fourth-order valence-electron chi connectivity index (χ4n) is 3.18. The monoisotopic (exact) mass is 428 g/mol. The van der Waals surface area contributed by atoms with Crippen molar-refractivity contribution < 1.29 is 9.21 Å². The number of rotatable bonds is 4. The highest BCUT2D eigenvalue weighted by atomic mass is 32.1. The third-order valence-corrected chi connectivity index (χ3v) is 5.60. The van der Waals surface area contributed by atoms with E-state index in [0.29, 0.717) is 15.9 Å². The summed E-state index contributed by atoms with van der Waals surface area (Å²) in [5.41, 5.74) is 3.68. The molecule has 0 spiro atoms. The number of nitrogens with one attached hydrogen (secondary N) is 1. The van der Waals surface area contributed by atoms with Gasteiger partial charge in [-0.15, -0.1) is 16.4 Å². The minimum absolute atomic E-state index is 0.195. The van der Waals surface area contributed by atoms with E-state index in [4.69, 9.17) is 4.42 Å². The highest BCUT2D eigenvalue weighted by Gasteiger charge is 2.13. The van der Waals surface area contributed by atoms with Gasteiger partial charge in [-0.2, -0.15) is 4.98 Å². The molecule has 31 heavy (non-hydrogen) atoms. The second-order valence-electron chi connectivity index (χ2n) is 6.96. The van der Waals surface area contributed by atoms with Gasteiger partial charge in [-0.1, -0.05) is 42.0 Å². The zero-order chi connectivity index (χ0) is 21.4. The summed E-state index contributed by atoms with van der Waals surface area (Å²) in [6.45, 7) is 2.03. The van der Waals surface area contributed by atoms with Crippen LogP contribution in [0.1, 0.15) is 11.1 Å². The molecule has 0 atom stereocenters. The number of fused-ring (bicyclic) bond motifs is 2. The Kier molecular flexibility index (Phi) is 4.68.